The summed E-state index contributed by atoms with van der Waals surface area (Å²) >= 11 is 8.15. The van der Waals surface area contributed by atoms with Crippen molar-refractivity contribution >= 4 is 55.7 Å². The highest BCUT2D eigenvalue weighted by atomic mass is 35.5. The first-order chi connectivity index (χ1) is 15.5. The average molecular weight is 471 g/mol. The van der Waals surface area contributed by atoms with E-state index in [0.29, 0.717) is 40.2 Å². The summed E-state index contributed by atoms with van der Waals surface area (Å²) in [7, 11) is 1.49. The summed E-state index contributed by atoms with van der Waals surface area (Å²) in [4.78, 5) is 15.5. The maximum atomic E-state index is 16.0. The van der Waals surface area contributed by atoms with Crippen molar-refractivity contribution in [3.63, 3.8) is 0 Å². The number of hydrogen-bond acceptors (Lipinski definition) is 8. The van der Waals surface area contributed by atoms with Crippen LogP contribution in [0.1, 0.15) is 12.8 Å². The molecule has 5 heterocycles. The minimum Gasteiger partial charge on any atom is -0.467 e. The van der Waals surface area contributed by atoms with Gasteiger partial charge in [0.25, 0.3) is 0 Å². The van der Waals surface area contributed by atoms with Crippen LogP contribution in [0.15, 0.2) is 23.6 Å². The Morgan fingerprint density at radius 3 is 2.72 bits per heavy atom. The maximum Gasteiger partial charge on any atom is 0.318 e. The van der Waals surface area contributed by atoms with Gasteiger partial charge in [-0.3, -0.25) is 0 Å². The van der Waals surface area contributed by atoms with Crippen LogP contribution in [0.4, 0.5) is 16.0 Å². The van der Waals surface area contributed by atoms with Gasteiger partial charge in [0.2, 0.25) is 0 Å². The molecule has 3 aromatic heterocycles. The van der Waals surface area contributed by atoms with Crippen LogP contribution in [0, 0.1) is 5.82 Å². The second-order valence-corrected chi connectivity index (χ2v) is 9.57. The SMILES string of the molecule is COc1nc(N2CC3CCC(C2)N3)c2cc(Cl)c(-c3csc4ccc(N)nc34)c(F)c2n1. The lowest BCUT2D eigenvalue weighted by atomic mass is 10.0. The highest BCUT2D eigenvalue weighted by Gasteiger charge is 2.34. The van der Waals surface area contributed by atoms with Crippen molar-refractivity contribution in [1.82, 2.24) is 20.3 Å². The first-order valence-electron chi connectivity index (χ1n) is 10.4. The molecule has 4 aromatic rings. The Bertz CT molecular complexity index is 1370. The zero-order chi connectivity index (χ0) is 22.0. The number of nitrogens with one attached hydrogen (secondary N) is 1. The van der Waals surface area contributed by atoms with Crippen LogP contribution in [0.3, 0.4) is 0 Å². The van der Waals surface area contributed by atoms with Gasteiger partial charge in [-0.2, -0.15) is 9.97 Å². The van der Waals surface area contributed by atoms with E-state index in [1.54, 1.807) is 12.1 Å². The van der Waals surface area contributed by atoms with E-state index >= 15 is 4.39 Å². The fourth-order valence-electron chi connectivity index (χ4n) is 4.81. The third-order valence-corrected chi connectivity index (χ3v) is 7.48. The fraction of sp³-hybridized carbons (Fsp3) is 0.318. The van der Waals surface area contributed by atoms with Crippen LogP contribution in [-0.2, 0) is 0 Å². The van der Waals surface area contributed by atoms with E-state index in [9.17, 15) is 0 Å². The van der Waals surface area contributed by atoms with Crippen molar-refractivity contribution in [2.45, 2.75) is 24.9 Å². The van der Waals surface area contributed by atoms with Gasteiger partial charge >= 0.3 is 6.01 Å². The normalized spacial score (nSPS) is 20.4. The number of rotatable bonds is 3. The Morgan fingerprint density at radius 2 is 1.97 bits per heavy atom. The Kier molecular flexibility index (Phi) is 4.60. The van der Waals surface area contributed by atoms with E-state index in [2.05, 4.69) is 25.2 Å². The molecular weight excluding hydrogens is 451 g/mol. The minimum absolute atomic E-state index is 0.128. The number of anilines is 2. The molecule has 6 rings (SSSR count). The standard InChI is InChI=1S/C22H20ClFN6OS/c1-31-22-28-20-12(21(29-22)30-7-10-2-3-11(8-30)26-10)6-14(23)17(18(20)24)13-9-32-15-4-5-16(25)27-19(13)15/h4-6,9-11,26H,2-3,7-8H2,1H3,(H2,25,27). The Labute approximate surface area is 192 Å². The number of piperazine rings is 1. The fourth-order valence-corrected chi connectivity index (χ4v) is 6.00. The summed E-state index contributed by atoms with van der Waals surface area (Å²) in [5, 5.41) is 6.31. The van der Waals surface area contributed by atoms with Gasteiger partial charge in [-0.15, -0.1) is 11.3 Å². The van der Waals surface area contributed by atoms with Crippen molar-refractivity contribution in [2.75, 3.05) is 30.8 Å². The molecule has 0 aliphatic carbocycles. The number of halogens is 2. The van der Waals surface area contributed by atoms with Crippen LogP contribution >= 0.6 is 22.9 Å². The summed E-state index contributed by atoms with van der Waals surface area (Å²) in [6.07, 6.45) is 2.25. The van der Waals surface area contributed by atoms with Gasteiger partial charge in [-0.25, -0.2) is 9.37 Å². The summed E-state index contributed by atoms with van der Waals surface area (Å²) in [5.74, 6) is 0.501. The molecule has 2 fully saturated rings. The van der Waals surface area contributed by atoms with E-state index in [0.717, 1.165) is 30.6 Å². The third-order valence-electron chi connectivity index (χ3n) is 6.25. The molecule has 2 unspecified atom stereocenters. The second-order valence-electron chi connectivity index (χ2n) is 8.25. The number of benzene rings is 1. The highest BCUT2D eigenvalue weighted by molar-refractivity contribution is 7.17. The monoisotopic (exact) mass is 470 g/mol. The lowest BCUT2D eigenvalue weighted by Gasteiger charge is -2.34. The van der Waals surface area contributed by atoms with E-state index in [1.807, 2.05) is 11.4 Å². The van der Waals surface area contributed by atoms with E-state index < -0.39 is 5.82 Å². The molecule has 10 heteroatoms. The molecular formula is C22H20ClFN6OS. The van der Waals surface area contributed by atoms with E-state index in [1.165, 1.54) is 18.4 Å². The summed E-state index contributed by atoms with van der Waals surface area (Å²) in [6.45, 7) is 1.59. The zero-order valence-corrected chi connectivity index (χ0v) is 18.8. The molecule has 2 saturated heterocycles. The van der Waals surface area contributed by atoms with Gasteiger partial charge in [0.05, 0.1) is 22.3 Å². The average Bonchev–Trinajstić information content (AvgIpc) is 3.35. The van der Waals surface area contributed by atoms with Crippen molar-refractivity contribution in [3.05, 3.63) is 34.4 Å². The third kappa shape index (κ3) is 3.07. The Morgan fingerprint density at radius 1 is 1.19 bits per heavy atom. The molecule has 0 radical (unpaired) electrons. The quantitative estimate of drug-likeness (QED) is 0.463. The van der Waals surface area contributed by atoms with Crippen molar-refractivity contribution in [2.24, 2.45) is 0 Å². The Hall–Kier alpha value is -2.75. The number of nitrogens with zero attached hydrogens (tertiary/aromatic N) is 4. The maximum absolute atomic E-state index is 16.0. The summed E-state index contributed by atoms with van der Waals surface area (Å²) in [6, 6.07) is 6.29. The van der Waals surface area contributed by atoms with Gasteiger partial charge < -0.3 is 20.7 Å². The molecule has 0 spiro atoms. The number of nitrogens with two attached hydrogens (primary N) is 1. The number of methoxy groups -OCH3 is 1. The van der Waals surface area contributed by atoms with Crippen molar-refractivity contribution in [3.8, 4) is 17.1 Å². The summed E-state index contributed by atoms with van der Waals surface area (Å²) < 4.78 is 22.3. The van der Waals surface area contributed by atoms with E-state index in [4.69, 9.17) is 22.1 Å². The number of aromatic nitrogens is 3. The molecule has 2 aliphatic rings. The van der Waals surface area contributed by atoms with Gasteiger partial charge in [0.15, 0.2) is 5.82 Å². The van der Waals surface area contributed by atoms with Crippen LogP contribution < -0.4 is 20.7 Å². The van der Waals surface area contributed by atoms with Gasteiger partial charge in [0.1, 0.15) is 17.2 Å². The van der Waals surface area contributed by atoms with Crippen molar-refractivity contribution < 1.29 is 9.13 Å². The minimum atomic E-state index is -0.517. The van der Waals surface area contributed by atoms with Gasteiger partial charge in [0, 0.05) is 47.1 Å². The molecule has 2 aliphatic heterocycles. The van der Waals surface area contributed by atoms with Crippen LogP contribution in [0.25, 0.3) is 32.2 Å². The predicted molar refractivity (Wildman–Crippen MR) is 126 cm³/mol. The first-order valence-corrected chi connectivity index (χ1v) is 11.7. The molecule has 2 atom stereocenters. The molecule has 32 heavy (non-hydrogen) atoms. The summed E-state index contributed by atoms with van der Waals surface area (Å²) in [5.41, 5.74) is 7.54. The zero-order valence-electron chi connectivity index (χ0n) is 17.2. The molecule has 164 valence electrons. The smallest absolute Gasteiger partial charge is 0.318 e. The van der Waals surface area contributed by atoms with Gasteiger partial charge in [-0.05, 0) is 31.0 Å². The first kappa shape index (κ1) is 19.9. The molecule has 2 bridgehead atoms. The number of hydrogen-bond donors (Lipinski definition) is 2. The number of ether oxygens (including phenoxy) is 1. The topological polar surface area (TPSA) is 89.2 Å². The second kappa shape index (κ2) is 7.40. The van der Waals surface area contributed by atoms with Crippen LogP contribution in [0.2, 0.25) is 5.02 Å². The van der Waals surface area contributed by atoms with Crippen LogP contribution in [-0.4, -0.2) is 47.2 Å². The number of fused-ring (bicyclic) bond motifs is 4. The molecule has 0 amide bonds. The van der Waals surface area contributed by atoms with E-state index in [-0.39, 0.29) is 22.1 Å². The van der Waals surface area contributed by atoms with Crippen LogP contribution in [0.5, 0.6) is 6.01 Å². The number of pyridine rings is 1. The lowest BCUT2D eigenvalue weighted by Crippen LogP contribution is -2.51. The van der Waals surface area contributed by atoms with Gasteiger partial charge in [-0.1, -0.05) is 11.6 Å². The molecule has 3 N–H and O–H groups in total. The number of thiophene rings is 1. The molecule has 7 nitrogen and oxygen atoms in total. The lowest BCUT2D eigenvalue weighted by molar-refractivity contribution is 0.380. The number of nitrogen functional groups attached to an aromatic ring is 1. The largest absolute Gasteiger partial charge is 0.467 e. The highest BCUT2D eigenvalue weighted by Crippen LogP contribution is 2.43. The Balaban J connectivity index is 1.57. The predicted octanol–water partition coefficient (Wildman–Crippen LogP) is 4.23. The molecule has 1 aromatic carbocycles. The van der Waals surface area contributed by atoms with Crippen molar-refractivity contribution in [1.29, 1.82) is 0 Å². The molecule has 0 saturated carbocycles.